The second-order valence-electron chi connectivity index (χ2n) is 6.94. The van der Waals surface area contributed by atoms with Crippen molar-refractivity contribution in [3.63, 3.8) is 0 Å². The van der Waals surface area contributed by atoms with Crippen LogP contribution >= 0.6 is 0 Å². The van der Waals surface area contributed by atoms with Crippen LogP contribution in [0.1, 0.15) is 27.8 Å². The van der Waals surface area contributed by atoms with E-state index >= 15 is 0 Å². The molecule has 0 saturated heterocycles. The average molecular weight is 362 g/mol. The van der Waals surface area contributed by atoms with E-state index in [4.69, 9.17) is 9.47 Å². The first-order valence-electron chi connectivity index (χ1n) is 9.36. The lowest BCUT2D eigenvalue weighted by Gasteiger charge is -2.12. The van der Waals surface area contributed by atoms with Crippen molar-refractivity contribution in [3.8, 4) is 11.5 Å². The molecule has 0 unspecified atom stereocenters. The normalized spacial score (nSPS) is 10.6. The molecule has 0 aromatic heterocycles. The highest BCUT2D eigenvalue weighted by Gasteiger charge is 2.07. The van der Waals surface area contributed by atoms with Gasteiger partial charge in [-0.3, -0.25) is 0 Å². The van der Waals surface area contributed by atoms with Gasteiger partial charge in [0.15, 0.2) is 11.5 Å². The average Bonchev–Trinajstić information content (AvgIpc) is 2.69. The summed E-state index contributed by atoms with van der Waals surface area (Å²) in [5.41, 5.74) is 6.26. The molecule has 0 radical (unpaired) electrons. The summed E-state index contributed by atoms with van der Waals surface area (Å²) >= 11 is 0. The van der Waals surface area contributed by atoms with E-state index in [1.54, 1.807) is 7.11 Å². The second-order valence-corrected chi connectivity index (χ2v) is 6.94. The van der Waals surface area contributed by atoms with Crippen LogP contribution in [0.4, 0.5) is 0 Å². The van der Waals surface area contributed by atoms with Crippen molar-refractivity contribution in [2.45, 2.75) is 33.5 Å². The van der Waals surface area contributed by atoms with Gasteiger partial charge in [0.2, 0.25) is 0 Å². The van der Waals surface area contributed by atoms with Crippen LogP contribution in [0.5, 0.6) is 11.5 Å². The van der Waals surface area contributed by atoms with Crippen LogP contribution in [0, 0.1) is 13.8 Å². The topological polar surface area (TPSA) is 35.1 Å². The molecule has 140 valence electrons. The molecule has 3 nitrogen and oxygen atoms in total. The fraction of sp³-hybridized carbons (Fsp3) is 0.250. The van der Waals surface area contributed by atoms with E-state index in [2.05, 4.69) is 79.8 Å². The zero-order valence-electron chi connectivity index (χ0n) is 16.4. The maximum atomic E-state index is 5.96. The Bertz CT molecular complexity index is 855. The van der Waals surface area contributed by atoms with Gasteiger partial charge in [0.1, 0.15) is 19.7 Å². The van der Waals surface area contributed by atoms with E-state index in [0.29, 0.717) is 6.61 Å². The van der Waals surface area contributed by atoms with Crippen molar-refractivity contribution in [2.75, 3.05) is 7.11 Å². The number of ether oxygens (including phenoxy) is 2. The third kappa shape index (κ3) is 5.60. The van der Waals surface area contributed by atoms with Crippen LogP contribution < -0.4 is 14.8 Å². The zero-order chi connectivity index (χ0) is 19.1. The SMILES string of the molecule is COc1cc(C[NH2+]Cc2ccc(C)cc2)ccc1OCc1ccc(C)cc1. The highest BCUT2D eigenvalue weighted by molar-refractivity contribution is 5.43. The molecule has 0 heterocycles. The van der Waals surface area contributed by atoms with E-state index in [0.717, 1.165) is 30.2 Å². The molecule has 0 atom stereocenters. The van der Waals surface area contributed by atoms with Gasteiger partial charge in [0.05, 0.1) is 7.11 Å². The first-order chi connectivity index (χ1) is 13.1. The van der Waals surface area contributed by atoms with Crippen LogP contribution in [0.15, 0.2) is 66.7 Å². The lowest BCUT2D eigenvalue weighted by molar-refractivity contribution is -0.686. The summed E-state index contributed by atoms with van der Waals surface area (Å²) in [6.07, 6.45) is 0. The highest BCUT2D eigenvalue weighted by Crippen LogP contribution is 2.28. The quantitative estimate of drug-likeness (QED) is 0.653. The largest absolute Gasteiger partial charge is 0.493 e. The summed E-state index contributed by atoms with van der Waals surface area (Å²) in [5, 5.41) is 2.30. The van der Waals surface area contributed by atoms with Crippen LogP contribution in [0.2, 0.25) is 0 Å². The Hall–Kier alpha value is -2.78. The number of methoxy groups -OCH3 is 1. The molecule has 0 spiro atoms. The molecule has 3 heteroatoms. The van der Waals surface area contributed by atoms with Crippen molar-refractivity contribution in [3.05, 3.63) is 94.5 Å². The molecule has 0 amide bonds. The minimum atomic E-state index is 0.537. The molecule has 2 N–H and O–H groups in total. The molecule has 0 saturated carbocycles. The Kier molecular flexibility index (Phi) is 6.50. The molecule has 0 fully saturated rings. The Morgan fingerprint density at radius 2 is 1.22 bits per heavy atom. The Balaban J connectivity index is 1.56. The fourth-order valence-corrected chi connectivity index (χ4v) is 2.93. The van der Waals surface area contributed by atoms with Crippen LogP contribution in [-0.2, 0) is 19.7 Å². The van der Waals surface area contributed by atoms with E-state index in [1.165, 1.54) is 22.3 Å². The van der Waals surface area contributed by atoms with Gasteiger partial charge in [-0.15, -0.1) is 0 Å². The zero-order valence-corrected chi connectivity index (χ0v) is 16.4. The third-order valence-electron chi connectivity index (χ3n) is 4.62. The number of aryl methyl sites for hydroxylation is 2. The molecule has 3 rings (SSSR count). The molecular formula is C24H28NO2+. The van der Waals surface area contributed by atoms with E-state index < -0.39 is 0 Å². The van der Waals surface area contributed by atoms with E-state index in [1.807, 2.05) is 6.07 Å². The number of hydrogen-bond acceptors (Lipinski definition) is 2. The number of nitrogens with two attached hydrogens (primary N) is 1. The summed E-state index contributed by atoms with van der Waals surface area (Å²) in [5.74, 6) is 1.56. The molecule has 27 heavy (non-hydrogen) atoms. The molecule has 3 aromatic carbocycles. The van der Waals surface area contributed by atoms with Crippen LogP contribution in [0.25, 0.3) is 0 Å². The van der Waals surface area contributed by atoms with Crippen molar-refractivity contribution in [1.29, 1.82) is 0 Å². The smallest absolute Gasteiger partial charge is 0.161 e. The molecule has 0 aliphatic rings. The van der Waals surface area contributed by atoms with Gasteiger partial charge in [0, 0.05) is 11.1 Å². The fourth-order valence-electron chi connectivity index (χ4n) is 2.93. The van der Waals surface area contributed by atoms with Gasteiger partial charge in [0.25, 0.3) is 0 Å². The Labute approximate surface area is 162 Å². The van der Waals surface area contributed by atoms with Gasteiger partial charge in [-0.25, -0.2) is 0 Å². The van der Waals surface area contributed by atoms with Crippen LogP contribution in [-0.4, -0.2) is 7.11 Å². The summed E-state index contributed by atoms with van der Waals surface area (Å²) in [4.78, 5) is 0. The molecule has 0 aliphatic carbocycles. The van der Waals surface area contributed by atoms with Gasteiger partial charge < -0.3 is 14.8 Å². The van der Waals surface area contributed by atoms with Gasteiger partial charge in [-0.05, 0) is 37.6 Å². The third-order valence-corrected chi connectivity index (χ3v) is 4.62. The first kappa shape index (κ1) is 19.0. The van der Waals surface area contributed by atoms with Crippen molar-refractivity contribution < 1.29 is 14.8 Å². The Morgan fingerprint density at radius 1 is 0.667 bits per heavy atom. The minimum absolute atomic E-state index is 0.537. The van der Waals surface area contributed by atoms with Gasteiger partial charge in [-0.1, -0.05) is 59.7 Å². The van der Waals surface area contributed by atoms with Gasteiger partial charge >= 0.3 is 0 Å². The van der Waals surface area contributed by atoms with Crippen molar-refractivity contribution in [1.82, 2.24) is 0 Å². The van der Waals surface area contributed by atoms with Crippen molar-refractivity contribution >= 4 is 0 Å². The van der Waals surface area contributed by atoms with E-state index in [-0.39, 0.29) is 0 Å². The summed E-state index contributed by atoms with van der Waals surface area (Å²) < 4.78 is 11.5. The maximum Gasteiger partial charge on any atom is 0.161 e. The highest BCUT2D eigenvalue weighted by atomic mass is 16.5. The maximum absolute atomic E-state index is 5.96. The molecule has 0 bridgehead atoms. The van der Waals surface area contributed by atoms with E-state index in [9.17, 15) is 0 Å². The molecule has 3 aromatic rings. The number of quaternary nitrogens is 1. The van der Waals surface area contributed by atoms with Crippen LogP contribution in [0.3, 0.4) is 0 Å². The predicted octanol–water partition coefficient (Wildman–Crippen LogP) is 4.15. The Morgan fingerprint density at radius 3 is 1.85 bits per heavy atom. The summed E-state index contributed by atoms with van der Waals surface area (Å²) in [6.45, 7) is 6.61. The monoisotopic (exact) mass is 362 g/mol. The predicted molar refractivity (Wildman–Crippen MR) is 109 cm³/mol. The first-order valence-corrected chi connectivity index (χ1v) is 9.36. The van der Waals surface area contributed by atoms with Crippen molar-refractivity contribution in [2.24, 2.45) is 0 Å². The minimum Gasteiger partial charge on any atom is -0.493 e. The summed E-state index contributed by atoms with van der Waals surface area (Å²) in [6, 6.07) is 23.3. The number of rotatable bonds is 8. The van der Waals surface area contributed by atoms with Gasteiger partial charge in [-0.2, -0.15) is 0 Å². The standard InChI is InChI=1S/C24H27NO2/c1-18-4-8-20(9-5-18)15-25-16-22-12-13-23(24(14-22)26-3)27-17-21-10-6-19(2)7-11-21/h4-14,25H,15-17H2,1-3H3/p+1. The number of benzene rings is 3. The molecule has 0 aliphatic heterocycles. The molecular weight excluding hydrogens is 334 g/mol. The summed E-state index contributed by atoms with van der Waals surface area (Å²) in [7, 11) is 1.69. The second kappa shape index (κ2) is 9.24. The number of hydrogen-bond donors (Lipinski definition) is 1. The lowest BCUT2D eigenvalue weighted by Crippen LogP contribution is -2.80. The lowest BCUT2D eigenvalue weighted by atomic mass is 10.1.